The van der Waals surface area contributed by atoms with Crippen LogP contribution in [-0.4, -0.2) is 53.9 Å². The van der Waals surface area contributed by atoms with Crippen LogP contribution in [0.3, 0.4) is 0 Å². The molecule has 0 N–H and O–H groups in total. The smallest absolute Gasteiger partial charge is 0.410 e. The lowest BCUT2D eigenvalue weighted by molar-refractivity contribution is 0.0131. The molecule has 1 atom stereocenters. The van der Waals surface area contributed by atoms with Gasteiger partial charge >= 0.3 is 6.09 Å². The van der Waals surface area contributed by atoms with Gasteiger partial charge in [-0.15, -0.1) is 0 Å². The van der Waals surface area contributed by atoms with Gasteiger partial charge in [-0.1, -0.05) is 35.9 Å². The van der Waals surface area contributed by atoms with E-state index in [9.17, 15) is 13.2 Å². The minimum absolute atomic E-state index is 0.123. The van der Waals surface area contributed by atoms with Crippen molar-refractivity contribution in [1.82, 2.24) is 14.2 Å². The molecule has 9 heteroatoms. The molecule has 0 bridgehead atoms. The van der Waals surface area contributed by atoms with Crippen LogP contribution in [-0.2, 0) is 14.8 Å². The first-order chi connectivity index (χ1) is 17.0. The maximum absolute atomic E-state index is 13.9. The van der Waals surface area contributed by atoms with E-state index >= 15 is 0 Å². The molecule has 4 rings (SSSR count). The molecule has 1 saturated heterocycles. The molecule has 1 unspecified atom stereocenters. The predicted octanol–water partition coefficient (Wildman–Crippen LogP) is 5.69. The highest BCUT2D eigenvalue weighted by atomic mass is 35.5. The van der Waals surface area contributed by atoms with Crippen LogP contribution in [0.2, 0.25) is 5.02 Å². The fraction of sp³-hybridized carbons (Fsp3) is 0.333. The zero-order chi connectivity index (χ0) is 26.1. The van der Waals surface area contributed by atoms with Crippen molar-refractivity contribution in [2.45, 2.75) is 44.2 Å². The standard InChI is InChI=1S/C27H30ClN3O4S/c1-19-23(28)9-6-10-25(19)36(33,34)31-16-15-30(26(32)35-27(2,3)4)18-24(31)22-8-5-7-21(17-22)20-11-13-29-14-12-20/h5-14,17,24H,15-16,18H2,1-4H3. The van der Waals surface area contributed by atoms with Crippen molar-refractivity contribution in [2.75, 3.05) is 19.6 Å². The lowest BCUT2D eigenvalue weighted by Crippen LogP contribution is -2.53. The Balaban J connectivity index is 1.76. The Bertz CT molecular complexity index is 1360. The van der Waals surface area contributed by atoms with E-state index in [1.165, 1.54) is 4.31 Å². The first kappa shape index (κ1) is 26.1. The second-order valence-corrected chi connectivity index (χ2v) is 12.0. The number of carbonyl (C=O) groups excluding carboxylic acids is 1. The summed E-state index contributed by atoms with van der Waals surface area (Å²) in [6.07, 6.45) is 2.96. The number of hydrogen-bond donors (Lipinski definition) is 0. The van der Waals surface area contributed by atoms with E-state index in [0.29, 0.717) is 10.6 Å². The van der Waals surface area contributed by atoms with Crippen molar-refractivity contribution in [1.29, 1.82) is 0 Å². The Morgan fingerprint density at radius 3 is 2.42 bits per heavy atom. The van der Waals surface area contributed by atoms with Gasteiger partial charge in [0.1, 0.15) is 5.60 Å². The third kappa shape index (κ3) is 5.56. The van der Waals surface area contributed by atoms with E-state index in [1.54, 1.807) is 42.4 Å². The number of halogens is 1. The average molecular weight is 528 g/mol. The van der Waals surface area contributed by atoms with Crippen molar-refractivity contribution in [3.63, 3.8) is 0 Å². The number of aromatic nitrogens is 1. The minimum atomic E-state index is -3.91. The maximum atomic E-state index is 13.9. The molecule has 0 aliphatic carbocycles. The summed E-state index contributed by atoms with van der Waals surface area (Å²) in [5.74, 6) is 0. The van der Waals surface area contributed by atoms with E-state index in [1.807, 2.05) is 57.2 Å². The van der Waals surface area contributed by atoms with Gasteiger partial charge in [0.15, 0.2) is 0 Å². The molecule has 3 aromatic rings. The lowest BCUT2D eigenvalue weighted by Gasteiger charge is -2.41. The van der Waals surface area contributed by atoms with Gasteiger partial charge in [0.05, 0.1) is 10.9 Å². The summed E-state index contributed by atoms with van der Waals surface area (Å²) < 4.78 is 34.9. The average Bonchev–Trinajstić information content (AvgIpc) is 2.85. The van der Waals surface area contributed by atoms with Crippen LogP contribution in [0.4, 0.5) is 4.79 Å². The van der Waals surface area contributed by atoms with Gasteiger partial charge in [-0.2, -0.15) is 4.31 Å². The largest absolute Gasteiger partial charge is 0.444 e. The van der Waals surface area contributed by atoms with Crippen LogP contribution >= 0.6 is 11.6 Å². The van der Waals surface area contributed by atoms with Crippen LogP contribution in [0.15, 0.2) is 71.9 Å². The highest BCUT2D eigenvalue weighted by Crippen LogP contribution is 2.35. The van der Waals surface area contributed by atoms with E-state index in [-0.39, 0.29) is 24.5 Å². The number of benzene rings is 2. The van der Waals surface area contributed by atoms with Gasteiger partial charge in [-0.25, -0.2) is 13.2 Å². The molecule has 190 valence electrons. The van der Waals surface area contributed by atoms with Crippen LogP contribution in [0, 0.1) is 6.92 Å². The highest BCUT2D eigenvalue weighted by Gasteiger charge is 2.40. The van der Waals surface area contributed by atoms with E-state index in [2.05, 4.69) is 4.98 Å². The van der Waals surface area contributed by atoms with Crippen LogP contribution < -0.4 is 0 Å². The van der Waals surface area contributed by atoms with Crippen molar-refractivity contribution >= 4 is 27.7 Å². The van der Waals surface area contributed by atoms with Crippen molar-refractivity contribution < 1.29 is 17.9 Å². The zero-order valence-corrected chi connectivity index (χ0v) is 22.4. The number of pyridine rings is 1. The van der Waals surface area contributed by atoms with E-state index in [4.69, 9.17) is 16.3 Å². The summed E-state index contributed by atoms with van der Waals surface area (Å²) >= 11 is 6.27. The Hall–Kier alpha value is -2.94. The summed E-state index contributed by atoms with van der Waals surface area (Å²) in [7, 11) is -3.91. The highest BCUT2D eigenvalue weighted by molar-refractivity contribution is 7.89. The zero-order valence-electron chi connectivity index (χ0n) is 20.8. The maximum Gasteiger partial charge on any atom is 0.410 e. The Morgan fingerprint density at radius 1 is 1.03 bits per heavy atom. The summed E-state index contributed by atoms with van der Waals surface area (Å²) in [5.41, 5.74) is 2.51. The number of amides is 1. The minimum Gasteiger partial charge on any atom is -0.444 e. The number of hydrogen-bond acceptors (Lipinski definition) is 5. The van der Waals surface area contributed by atoms with Gasteiger partial charge in [0.2, 0.25) is 10.0 Å². The molecule has 0 spiro atoms. The van der Waals surface area contributed by atoms with Crippen molar-refractivity contribution in [3.8, 4) is 11.1 Å². The molecule has 7 nitrogen and oxygen atoms in total. The van der Waals surface area contributed by atoms with Gasteiger partial charge in [0, 0.05) is 37.1 Å². The molecule has 1 aliphatic rings. The normalized spacial score (nSPS) is 17.1. The Morgan fingerprint density at radius 2 is 1.72 bits per heavy atom. The monoisotopic (exact) mass is 527 g/mol. The first-order valence-electron chi connectivity index (χ1n) is 11.7. The van der Waals surface area contributed by atoms with Crippen LogP contribution in [0.25, 0.3) is 11.1 Å². The van der Waals surface area contributed by atoms with Gasteiger partial charge < -0.3 is 9.64 Å². The molecule has 2 heterocycles. The van der Waals surface area contributed by atoms with Crippen molar-refractivity contribution in [3.05, 3.63) is 83.1 Å². The second-order valence-electron chi connectivity index (χ2n) is 9.78. The summed E-state index contributed by atoms with van der Waals surface area (Å²) in [6.45, 7) is 7.63. The number of nitrogens with zero attached hydrogens (tertiary/aromatic N) is 3. The Kier molecular flexibility index (Phi) is 7.41. The summed E-state index contributed by atoms with van der Waals surface area (Å²) in [4.78, 5) is 18.7. The first-order valence-corrected chi connectivity index (χ1v) is 13.5. The second kappa shape index (κ2) is 10.2. The molecule has 2 aromatic carbocycles. The SMILES string of the molecule is Cc1c(Cl)cccc1S(=O)(=O)N1CCN(C(=O)OC(C)(C)C)CC1c1cccc(-c2ccncc2)c1. The van der Waals surface area contributed by atoms with Crippen LogP contribution in [0.1, 0.15) is 37.9 Å². The molecule has 36 heavy (non-hydrogen) atoms. The lowest BCUT2D eigenvalue weighted by atomic mass is 9.99. The molecule has 1 aromatic heterocycles. The number of ether oxygens (including phenoxy) is 1. The fourth-order valence-electron chi connectivity index (χ4n) is 4.28. The molecular formula is C27H30ClN3O4S. The third-order valence-electron chi connectivity index (χ3n) is 6.07. The number of sulfonamides is 1. The topological polar surface area (TPSA) is 79.8 Å². The van der Waals surface area contributed by atoms with E-state index < -0.39 is 27.8 Å². The summed E-state index contributed by atoms with van der Waals surface area (Å²) in [6, 6.07) is 15.8. The van der Waals surface area contributed by atoms with Gasteiger partial charge in [-0.3, -0.25) is 4.98 Å². The third-order valence-corrected chi connectivity index (χ3v) is 8.53. The molecule has 1 fully saturated rings. The van der Waals surface area contributed by atoms with Gasteiger partial charge in [0.25, 0.3) is 0 Å². The molecule has 0 radical (unpaired) electrons. The summed E-state index contributed by atoms with van der Waals surface area (Å²) in [5, 5.41) is 0.389. The van der Waals surface area contributed by atoms with Gasteiger partial charge in [-0.05, 0) is 80.3 Å². The number of carbonyl (C=O) groups is 1. The van der Waals surface area contributed by atoms with Crippen molar-refractivity contribution in [2.24, 2.45) is 0 Å². The fourth-order valence-corrected chi connectivity index (χ4v) is 6.36. The molecule has 1 aliphatic heterocycles. The molecule has 1 amide bonds. The Labute approximate surface area is 217 Å². The number of rotatable bonds is 4. The van der Waals surface area contributed by atoms with E-state index in [0.717, 1.165) is 16.7 Å². The molecule has 0 saturated carbocycles. The number of piperazine rings is 1. The molecular weight excluding hydrogens is 498 g/mol. The predicted molar refractivity (Wildman–Crippen MR) is 140 cm³/mol. The quantitative estimate of drug-likeness (QED) is 0.435. The van der Waals surface area contributed by atoms with Crippen LogP contribution in [0.5, 0.6) is 0 Å².